The zero-order chi connectivity index (χ0) is 14.0. The Balaban J connectivity index is 1.71. The summed E-state index contributed by atoms with van der Waals surface area (Å²) in [6.45, 7) is 4.53. The SMILES string of the molecule is CCC1COC2(CCCN(C(=O)c3cnccn3)C2)C1. The van der Waals surface area contributed by atoms with E-state index in [0.29, 0.717) is 18.2 Å². The molecule has 0 saturated carbocycles. The molecule has 1 spiro atoms. The van der Waals surface area contributed by atoms with Gasteiger partial charge in [-0.3, -0.25) is 9.78 Å². The van der Waals surface area contributed by atoms with Crippen molar-refractivity contribution in [3.8, 4) is 0 Å². The maximum Gasteiger partial charge on any atom is 0.274 e. The van der Waals surface area contributed by atoms with Crippen molar-refractivity contribution in [2.45, 2.75) is 38.2 Å². The number of hydrogen-bond acceptors (Lipinski definition) is 4. The van der Waals surface area contributed by atoms with Crippen LogP contribution in [-0.4, -0.2) is 46.1 Å². The molecule has 1 amide bonds. The van der Waals surface area contributed by atoms with Crippen LogP contribution in [-0.2, 0) is 4.74 Å². The van der Waals surface area contributed by atoms with Gasteiger partial charge in [0.25, 0.3) is 5.91 Å². The Kier molecular flexibility index (Phi) is 3.70. The predicted octanol–water partition coefficient (Wildman–Crippen LogP) is 1.90. The van der Waals surface area contributed by atoms with E-state index in [0.717, 1.165) is 38.8 Å². The molecule has 3 rings (SSSR count). The first-order valence-electron chi connectivity index (χ1n) is 7.42. The van der Waals surface area contributed by atoms with Gasteiger partial charge in [0, 0.05) is 18.9 Å². The topological polar surface area (TPSA) is 55.3 Å². The lowest BCUT2D eigenvalue weighted by Crippen LogP contribution is -2.50. The third-order valence-corrected chi connectivity index (χ3v) is 4.47. The highest BCUT2D eigenvalue weighted by molar-refractivity contribution is 5.92. The number of carbonyl (C=O) groups excluding carboxylic acids is 1. The average molecular weight is 275 g/mol. The number of rotatable bonds is 2. The number of nitrogens with zero attached hydrogens (tertiary/aromatic N) is 3. The predicted molar refractivity (Wildman–Crippen MR) is 74.3 cm³/mol. The summed E-state index contributed by atoms with van der Waals surface area (Å²) in [4.78, 5) is 22.4. The van der Waals surface area contributed by atoms with Crippen molar-refractivity contribution in [3.63, 3.8) is 0 Å². The Morgan fingerprint density at radius 3 is 3.15 bits per heavy atom. The van der Waals surface area contributed by atoms with Crippen LogP contribution in [0.1, 0.15) is 43.1 Å². The summed E-state index contributed by atoms with van der Waals surface area (Å²) >= 11 is 0. The molecule has 2 saturated heterocycles. The lowest BCUT2D eigenvalue weighted by atomic mass is 9.86. The van der Waals surface area contributed by atoms with Gasteiger partial charge in [-0.2, -0.15) is 0 Å². The Hall–Kier alpha value is -1.49. The van der Waals surface area contributed by atoms with Gasteiger partial charge < -0.3 is 9.64 Å². The minimum Gasteiger partial charge on any atom is -0.373 e. The summed E-state index contributed by atoms with van der Waals surface area (Å²) in [6.07, 6.45) is 8.98. The van der Waals surface area contributed by atoms with Gasteiger partial charge >= 0.3 is 0 Å². The van der Waals surface area contributed by atoms with Crippen LogP contribution in [0.25, 0.3) is 0 Å². The maximum atomic E-state index is 12.5. The lowest BCUT2D eigenvalue weighted by Gasteiger charge is -2.39. The van der Waals surface area contributed by atoms with Crippen molar-refractivity contribution in [3.05, 3.63) is 24.3 Å². The molecule has 2 atom stereocenters. The van der Waals surface area contributed by atoms with Gasteiger partial charge in [-0.25, -0.2) is 4.98 Å². The summed E-state index contributed by atoms with van der Waals surface area (Å²) < 4.78 is 6.07. The summed E-state index contributed by atoms with van der Waals surface area (Å²) in [5.74, 6) is 0.613. The second-order valence-corrected chi connectivity index (χ2v) is 5.89. The fourth-order valence-electron chi connectivity index (χ4n) is 3.33. The van der Waals surface area contributed by atoms with Gasteiger partial charge in [-0.05, 0) is 25.2 Å². The molecule has 1 aromatic heterocycles. The maximum absolute atomic E-state index is 12.5. The highest BCUT2D eigenvalue weighted by Crippen LogP contribution is 2.38. The molecular formula is C15H21N3O2. The number of hydrogen-bond donors (Lipinski definition) is 0. The monoisotopic (exact) mass is 275 g/mol. The summed E-state index contributed by atoms with van der Waals surface area (Å²) in [7, 11) is 0. The van der Waals surface area contributed by atoms with E-state index < -0.39 is 0 Å². The van der Waals surface area contributed by atoms with Crippen LogP contribution in [0.15, 0.2) is 18.6 Å². The summed E-state index contributed by atoms with van der Waals surface area (Å²) in [6, 6.07) is 0. The number of likely N-dealkylation sites (tertiary alicyclic amines) is 1. The minimum absolute atomic E-state index is 0.0271. The van der Waals surface area contributed by atoms with Gasteiger partial charge in [0.2, 0.25) is 0 Å². The highest BCUT2D eigenvalue weighted by atomic mass is 16.5. The number of piperidine rings is 1. The summed E-state index contributed by atoms with van der Waals surface area (Å²) in [5.41, 5.74) is 0.311. The Morgan fingerprint density at radius 2 is 2.45 bits per heavy atom. The largest absolute Gasteiger partial charge is 0.373 e. The molecule has 2 aliphatic heterocycles. The number of carbonyl (C=O) groups is 1. The van der Waals surface area contributed by atoms with Gasteiger partial charge in [0.05, 0.1) is 24.9 Å². The summed E-state index contributed by atoms with van der Waals surface area (Å²) in [5, 5.41) is 0. The number of amides is 1. The Labute approximate surface area is 119 Å². The molecule has 1 aromatic rings. The number of ether oxygens (including phenoxy) is 1. The standard InChI is InChI=1S/C15H21N3O2/c1-2-12-8-15(20-10-12)4-3-7-18(11-15)14(19)13-9-16-5-6-17-13/h5-6,9,12H,2-4,7-8,10-11H2,1H3. The Morgan fingerprint density at radius 1 is 1.55 bits per heavy atom. The minimum atomic E-state index is -0.114. The second kappa shape index (κ2) is 5.48. The van der Waals surface area contributed by atoms with E-state index in [-0.39, 0.29) is 11.5 Å². The van der Waals surface area contributed by atoms with E-state index in [9.17, 15) is 4.79 Å². The smallest absolute Gasteiger partial charge is 0.274 e. The molecule has 2 fully saturated rings. The average Bonchev–Trinajstić information content (AvgIpc) is 2.90. The van der Waals surface area contributed by atoms with E-state index in [1.54, 1.807) is 12.4 Å². The van der Waals surface area contributed by atoms with Crippen molar-refractivity contribution in [2.24, 2.45) is 5.92 Å². The third-order valence-electron chi connectivity index (χ3n) is 4.47. The molecular weight excluding hydrogens is 254 g/mol. The van der Waals surface area contributed by atoms with E-state index >= 15 is 0 Å². The first-order valence-corrected chi connectivity index (χ1v) is 7.42. The Bertz CT molecular complexity index is 479. The fraction of sp³-hybridized carbons (Fsp3) is 0.667. The molecule has 5 heteroatoms. The van der Waals surface area contributed by atoms with Gasteiger partial charge in [0.15, 0.2) is 0 Å². The molecule has 0 aliphatic carbocycles. The third kappa shape index (κ3) is 2.54. The molecule has 5 nitrogen and oxygen atoms in total. The highest BCUT2D eigenvalue weighted by Gasteiger charge is 2.44. The number of aromatic nitrogens is 2. The molecule has 2 aliphatic rings. The van der Waals surface area contributed by atoms with Crippen molar-refractivity contribution in [2.75, 3.05) is 19.7 Å². The van der Waals surface area contributed by atoms with Crippen molar-refractivity contribution < 1.29 is 9.53 Å². The first kappa shape index (κ1) is 13.5. The zero-order valence-electron chi connectivity index (χ0n) is 11.9. The fourth-order valence-corrected chi connectivity index (χ4v) is 3.33. The second-order valence-electron chi connectivity index (χ2n) is 5.89. The van der Waals surface area contributed by atoms with E-state index in [1.165, 1.54) is 6.20 Å². The van der Waals surface area contributed by atoms with Crippen LogP contribution in [0.3, 0.4) is 0 Å². The lowest BCUT2D eigenvalue weighted by molar-refractivity contribution is -0.0451. The quantitative estimate of drug-likeness (QED) is 0.827. The van der Waals surface area contributed by atoms with Crippen molar-refractivity contribution >= 4 is 5.91 Å². The van der Waals surface area contributed by atoms with Crippen molar-refractivity contribution in [1.29, 1.82) is 0 Å². The zero-order valence-corrected chi connectivity index (χ0v) is 11.9. The van der Waals surface area contributed by atoms with Gasteiger partial charge in [0.1, 0.15) is 5.69 Å². The van der Waals surface area contributed by atoms with Crippen molar-refractivity contribution in [1.82, 2.24) is 14.9 Å². The molecule has 108 valence electrons. The van der Waals surface area contributed by atoms with Crippen LogP contribution < -0.4 is 0 Å². The van der Waals surface area contributed by atoms with E-state index in [1.807, 2.05) is 4.90 Å². The van der Waals surface area contributed by atoms with E-state index in [2.05, 4.69) is 16.9 Å². The molecule has 0 radical (unpaired) electrons. The van der Waals surface area contributed by atoms with Crippen LogP contribution >= 0.6 is 0 Å². The van der Waals surface area contributed by atoms with Gasteiger partial charge in [-0.1, -0.05) is 13.3 Å². The normalized spacial score (nSPS) is 29.9. The molecule has 3 heterocycles. The van der Waals surface area contributed by atoms with Crippen LogP contribution in [0.5, 0.6) is 0 Å². The van der Waals surface area contributed by atoms with Gasteiger partial charge in [-0.15, -0.1) is 0 Å². The molecule has 0 bridgehead atoms. The van der Waals surface area contributed by atoms with Crippen LogP contribution in [0, 0.1) is 5.92 Å². The molecule has 2 unspecified atom stereocenters. The van der Waals surface area contributed by atoms with E-state index in [4.69, 9.17) is 4.74 Å². The van der Waals surface area contributed by atoms with Crippen LogP contribution in [0.4, 0.5) is 0 Å². The molecule has 0 N–H and O–H groups in total. The van der Waals surface area contributed by atoms with Crippen LogP contribution in [0.2, 0.25) is 0 Å². The molecule has 0 aromatic carbocycles. The molecule has 20 heavy (non-hydrogen) atoms. The first-order chi connectivity index (χ1) is 9.72.